The van der Waals surface area contributed by atoms with E-state index in [1.807, 2.05) is 11.3 Å². The van der Waals surface area contributed by atoms with Gasteiger partial charge >= 0.3 is 0 Å². The maximum Gasteiger partial charge on any atom is 0.0958 e. The molecule has 0 radical (unpaired) electrons. The van der Waals surface area contributed by atoms with Gasteiger partial charge in [0.2, 0.25) is 0 Å². The number of hydrogen-bond acceptors (Lipinski definition) is 4. The van der Waals surface area contributed by atoms with Crippen LogP contribution in [0, 0.1) is 0 Å². The molecule has 0 bridgehead atoms. The number of hydrogen-bond donors (Lipinski definition) is 0. The second-order valence-corrected chi connectivity index (χ2v) is 18.2. The molecule has 4 heteroatoms. The van der Waals surface area contributed by atoms with Gasteiger partial charge < -0.3 is 9.80 Å². The molecular weight excluding hydrogens is 765 g/mol. The Hall–Kier alpha value is -6.20. The van der Waals surface area contributed by atoms with Crippen molar-refractivity contribution < 1.29 is 0 Å². The first-order valence-electron chi connectivity index (χ1n) is 20.9. The molecule has 2 heterocycles. The molecule has 1 aliphatic rings. The third kappa shape index (κ3) is 8.18. The zero-order valence-electron chi connectivity index (χ0n) is 34.7. The third-order valence-electron chi connectivity index (χ3n) is 12.1. The van der Waals surface area contributed by atoms with Crippen LogP contribution in [0.5, 0.6) is 0 Å². The van der Waals surface area contributed by atoms with Gasteiger partial charge in [0.25, 0.3) is 0 Å². The highest BCUT2D eigenvalue weighted by Crippen LogP contribution is 2.51. The molecule has 8 aromatic rings. The summed E-state index contributed by atoms with van der Waals surface area (Å²) in [5, 5.41) is 5.59. The van der Waals surface area contributed by atoms with Crippen LogP contribution in [0.15, 0.2) is 181 Å². The highest BCUT2D eigenvalue weighted by atomic mass is 32.1. The normalized spacial score (nSPS) is 13.9. The Kier molecular flexibility index (Phi) is 11.2. The summed E-state index contributed by atoms with van der Waals surface area (Å²) in [5.41, 5.74) is 15.2. The monoisotopic (exact) mass is 814 g/mol. The van der Waals surface area contributed by atoms with Gasteiger partial charge in [-0.25, -0.2) is 0 Å². The summed E-state index contributed by atoms with van der Waals surface area (Å²) in [6.45, 7) is 10.4. The first kappa shape index (κ1) is 39.3. The van der Waals surface area contributed by atoms with Crippen molar-refractivity contribution >= 4 is 63.4 Å². The molecule has 296 valence electrons. The molecule has 0 amide bonds. The van der Waals surface area contributed by atoms with E-state index in [1.54, 1.807) is 11.3 Å². The second kappa shape index (κ2) is 17.2. The number of thiophene rings is 2. The molecule has 0 saturated heterocycles. The summed E-state index contributed by atoms with van der Waals surface area (Å²) < 4.78 is 0. The van der Waals surface area contributed by atoms with E-state index in [0.29, 0.717) is 0 Å². The Morgan fingerprint density at radius 2 is 0.967 bits per heavy atom. The van der Waals surface area contributed by atoms with Gasteiger partial charge in [-0.1, -0.05) is 166 Å². The zero-order chi connectivity index (χ0) is 41.1. The van der Waals surface area contributed by atoms with Crippen molar-refractivity contribution in [3.05, 3.63) is 230 Å². The van der Waals surface area contributed by atoms with Gasteiger partial charge in [-0.15, -0.1) is 22.7 Å². The summed E-state index contributed by atoms with van der Waals surface area (Å²) in [6.07, 6.45) is 8.74. The van der Waals surface area contributed by atoms with E-state index in [9.17, 15) is 0 Å². The fourth-order valence-corrected chi connectivity index (χ4v) is 10.2. The molecule has 0 spiro atoms. The van der Waals surface area contributed by atoms with Crippen LogP contribution in [0.1, 0.15) is 89.2 Å². The summed E-state index contributed by atoms with van der Waals surface area (Å²) in [7, 11) is 0. The predicted molar refractivity (Wildman–Crippen MR) is 261 cm³/mol. The van der Waals surface area contributed by atoms with Gasteiger partial charge in [0.1, 0.15) is 0 Å². The Morgan fingerprint density at radius 1 is 0.483 bits per heavy atom. The van der Waals surface area contributed by atoms with Crippen LogP contribution in [0.25, 0.3) is 35.4 Å². The molecule has 9 rings (SSSR count). The van der Waals surface area contributed by atoms with Crippen LogP contribution in [0.2, 0.25) is 0 Å². The Morgan fingerprint density at radius 3 is 1.47 bits per heavy atom. The van der Waals surface area contributed by atoms with Crippen molar-refractivity contribution in [3.63, 3.8) is 0 Å². The van der Waals surface area contributed by atoms with E-state index >= 15 is 0 Å². The lowest BCUT2D eigenvalue weighted by Crippen LogP contribution is -2.26. The van der Waals surface area contributed by atoms with Gasteiger partial charge in [0.05, 0.1) is 23.6 Å². The molecule has 0 fully saturated rings. The lowest BCUT2D eigenvalue weighted by atomic mass is 9.80. The van der Waals surface area contributed by atoms with Crippen LogP contribution in [0.4, 0.5) is 16.4 Å². The first-order valence-corrected chi connectivity index (χ1v) is 22.7. The number of rotatable bonds is 13. The SMILES string of the molecule is CC(c1ccc2c(c1)C(C)(C)c1cc(C(C)N(c3ccc(/C=C/c4ccccc4)cc3)c3cccs3)ccc1-2)N(Cc1cccs1)c1ccc(/C=C/c2ccccc2)cc1. The molecule has 2 nitrogen and oxygen atoms in total. The number of benzene rings is 6. The van der Waals surface area contributed by atoms with Crippen LogP contribution >= 0.6 is 22.7 Å². The van der Waals surface area contributed by atoms with Crippen LogP contribution in [-0.2, 0) is 12.0 Å². The van der Waals surface area contributed by atoms with Gasteiger partial charge in [-0.05, 0) is 123 Å². The average molecular weight is 815 g/mol. The van der Waals surface area contributed by atoms with Gasteiger partial charge in [0, 0.05) is 21.7 Å². The van der Waals surface area contributed by atoms with E-state index in [2.05, 4.69) is 242 Å². The number of anilines is 3. The largest absolute Gasteiger partial charge is 0.360 e. The molecule has 2 unspecified atom stereocenters. The quantitative estimate of drug-likeness (QED) is 0.107. The molecule has 0 aliphatic heterocycles. The number of nitrogens with zero attached hydrogens (tertiary/aromatic N) is 2. The Bertz CT molecular complexity index is 2710. The highest BCUT2D eigenvalue weighted by Gasteiger charge is 2.37. The van der Waals surface area contributed by atoms with E-state index in [-0.39, 0.29) is 17.5 Å². The molecule has 0 saturated carbocycles. The third-order valence-corrected chi connectivity index (χ3v) is 13.9. The van der Waals surface area contributed by atoms with Gasteiger partial charge in [0.15, 0.2) is 0 Å². The first-order chi connectivity index (χ1) is 29.3. The minimum absolute atomic E-state index is 0.126. The number of fused-ring (bicyclic) bond motifs is 3. The van der Waals surface area contributed by atoms with Crippen molar-refractivity contribution in [3.8, 4) is 11.1 Å². The summed E-state index contributed by atoms with van der Waals surface area (Å²) in [6, 6.07) is 62.5. The molecule has 6 aromatic carbocycles. The van der Waals surface area contributed by atoms with E-state index in [4.69, 9.17) is 0 Å². The van der Waals surface area contributed by atoms with Crippen molar-refractivity contribution in [1.29, 1.82) is 0 Å². The van der Waals surface area contributed by atoms with E-state index in [0.717, 1.165) is 6.54 Å². The average Bonchev–Trinajstić information content (AvgIpc) is 4.07. The van der Waals surface area contributed by atoms with Gasteiger partial charge in [-0.2, -0.15) is 0 Å². The summed E-state index contributed by atoms with van der Waals surface area (Å²) >= 11 is 3.61. The fourth-order valence-electron chi connectivity index (χ4n) is 8.63. The van der Waals surface area contributed by atoms with E-state index < -0.39 is 0 Å². The topological polar surface area (TPSA) is 6.48 Å². The van der Waals surface area contributed by atoms with Crippen LogP contribution < -0.4 is 9.80 Å². The maximum absolute atomic E-state index is 2.55. The van der Waals surface area contributed by atoms with E-state index in [1.165, 1.54) is 76.9 Å². The minimum Gasteiger partial charge on any atom is -0.360 e. The smallest absolute Gasteiger partial charge is 0.0958 e. The molecule has 60 heavy (non-hydrogen) atoms. The second-order valence-electron chi connectivity index (χ2n) is 16.3. The molecular formula is C56H50N2S2. The molecule has 1 aliphatic carbocycles. The summed E-state index contributed by atoms with van der Waals surface area (Å²) in [4.78, 5) is 6.40. The highest BCUT2D eigenvalue weighted by molar-refractivity contribution is 7.14. The van der Waals surface area contributed by atoms with Crippen molar-refractivity contribution in [2.24, 2.45) is 0 Å². The predicted octanol–water partition coefficient (Wildman–Crippen LogP) is 16.1. The minimum atomic E-state index is -0.151. The van der Waals surface area contributed by atoms with Crippen LogP contribution in [0.3, 0.4) is 0 Å². The van der Waals surface area contributed by atoms with Gasteiger partial charge in [-0.3, -0.25) is 0 Å². The molecule has 2 aromatic heterocycles. The zero-order valence-corrected chi connectivity index (χ0v) is 36.3. The lowest BCUT2D eigenvalue weighted by Gasteiger charge is -2.33. The van der Waals surface area contributed by atoms with Crippen molar-refractivity contribution in [2.45, 2.75) is 51.7 Å². The lowest BCUT2D eigenvalue weighted by molar-refractivity contribution is 0.645. The molecule has 0 N–H and O–H groups in total. The fraction of sp³-hybridized carbons (Fsp3) is 0.143. The Labute approximate surface area is 364 Å². The summed E-state index contributed by atoms with van der Waals surface area (Å²) in [5.74, 6) is 0. The Balaban J connectivity index is 0.983. The molecule has 2 atom stereocenters. The standard InChI is InChI=1S/C56H50N2S2/c1-40(57(39-50-17-11-35-59-50)48-29-23-44(24-30-48)21-19-42-13-7-5-8-14-42)46-27-33-51-52-34-28-47(38-54(52)56(3,4)53(51)37-46)41(2)58(55-18-12-36-60-55)49-31-25-45(26-32-49)22-20-43-15-9-6-10-16-43/h5-38,40-41H,39H2,1-4H3/b21-19+,22-20+. The van der Waals surface area contributed by atoms with Crippen molar-refractivity contribution in [2.75, 3.05) is 9.80 Å². The maximum atomic E-state index is 2.55. The van der Waals surface area contributed by atoms with Crippen molar-refractivity contribution in [1.82, 2.24) is 0 Å². The van der Waals surface area contributed by atoms with Crippen LogP contribution in [-0.4, -0.2) is 0 Å².